The van der Waals surface area contributed by atoms with E-state index in [-0.39, 0.29) is 0 Å². The summed E-state index contributed by atoms with van der Waals surface area (Å²) < 4.78 is 2.28. The van der Waals surface area contributed by atoms with Crippen LogP contribution < -0.4 is 0 Å². The van der Waals surface area contributed by atoms with E-state index in [4.69, 9.17) is 0 Å². The van der Waals surface area contributed by atoms with E-state index < -0.39 is 0 Å². The average Bonchev–Trinajstić information content (AvgIpc) is 2.99. The van der Waals surface area contributed by atoms with E-state index in [0.29, 0.717) is 0 Å². The minimum atomic E-state index is 1.09. The highest BCUT2D eigenvalue weighted by atomic mass is 14.9. The molecule has 0 aliphatic carbocycles. The predicted octanol–water partition coefficient (Wildman–Crippen LogP) is 5.32. The summed E-state index contributed by atoms with van der Waals surface area (Å²) >= 11 is 0. The Balaban J connectivity index is 1.91. The van der Waals surface area contributed by atoms with E-state index in [1.165, 1.54) is 33.1 Å². The Morgan fingerprint density at radius 2 is 1.62 bits per heavy atom. The number of pyridine rings is 1. The summed E-state index contributed by atoms with van der Waals surface area (Å²) in [5.74, 6) is 0. The summed E-state index contributed by atoms with van der Waals surface area (Å²) in [5, 5.41) is 1.27. The zero-order valence-electron chi connectivity index (χ0n) is 12.1. The van der Waals surface area contributed by atoms with Crippen molar-refractivity contribution in [2.45, 2.75) is 13.3 Å². The first-order chi connectivity index (χ1) is 10.3. The first kappa shape index (κ1) is 12.2. The molecule has 0 saturated carbocycles. The topological polar surface area (TPSA) is 4.41 Å². The molecule has 2 aromatic carbocycles. The van der Waals surface area contributed by atoms with Crippen molar-refractivity contribution in [1.29, 1.82) is 0 Å². The molecule has 0 unspecified atom stereocenters. The van der Waals surface area contributed by atoms with E-state index in [2.05, 4.69) is 84.3 Å². The van der Waals surface area contributed by atoms with Gasteiger partial charge in [0, 0.05) is 17.3 Å². The Bertz CT molecular complexity index is 914. The van der Waals surface area contributed by atoms with Crippen LogP contribution in [-0.2, 0) is 6.42 Å². The summed E-state index contributed by atoms with van der Waals surface area (Å²) in [6.07, 6.45) is 3.32. The van der Waals surface area contributed by atoms with Crippen molar-refractivity contribution in [2.75, 3.05) is 0 Å². The van der Waals surface area contributed by atoms with Gasteiger partial charge in [-0.25, -0.2) is 0 Å². The van der Waals surface area contributed by atoms with Gasteiger partial charge in [-0.15, -0.1) is 0 Å². The maximum absolute atomic E-state index is 2.28. The molecule has 0 fully saturated rings. The number of nitrogens with zero attached hydrogens (tertiary/aromatic N) is 1. The van der Waals surface area contributed by atoms with Gasteiger partial charge >= 0.3 is 0 Å². The molecule has 2 heterocycles. The lowest BCUT2D eigenvalue weighted by Crippen LogP contribution is -1.84. The normalized spacial score (nSPS) is 11.3. The van der Waals surface area contributed by atoms with Crippen LogP contribution >= 0.6 is 0 Å². The molecule has 0 amide bonds. The zero-order chi connectivity index (χ0) is 14.2. The van der Waals surface area contributed by atoms with Gasteiger partial charge < -0.3 is 4.40 Å². The fourth-order valence-electron chi connectivity index (χ4n) is 2.93. The molecule has 0 N–H and O–H groups in total. The fourth-order valence-corrected chi connectivity index (χ4v) is 2.93. The molecule has 1 heteroatoms. The van der Waals surface area contributed by atoms with Crippen molar-refractivity contribution in [1.82, 2.24) is 4.40 Å². The second-order valence-electron chi connectivity index (χ2n) is 5.47. The van der Waals surface area contributed by atoms with Crippen molar-refractivity contribution in [3.05, 3.63) is 78.5 Å². The van der Waals surface area contributed by atoms with Gasteiger partial charge in [-0.05, 0) is 41.1 Å². The molecule has 0 aliphatic rings. The molecule has 0 bridgehead atoms. The maximum atomic E-state index is 2.28. The van der Waals surface area contributed by atoms with E-state index in [1.54, 1.807) is 0 Å². The molecule has 0 radical (unpaired) electrons. The van der Waals surface area contributed by atoms with Crippen LogP contribution in [0, 0.1) is 0 Å². The van der Waals surface area contributed by atoms with Crippen molar-refractivity contribution < 1.29 is 0 Å². The number of aryl methyl sites for hydroxylation is 1. The molecule has 21 heavy (non-hydrogen) atoms. The Labute approximate surface area is 124 Å². The van der Waals surface area contributed by atoms with Gasteiger partial charge in [0.15, 0.2) is 0 Å². The number of rotatable bonds is 2. The highest BCUT2D eigenvalue weighted by Gasteiger charge is 2.05. The molecular weight excluding hydrogens is 254 g/mol. The predicted molar refractivity (Wildman–Crippen MR) is 89.7 cm³/mol. The Morgan fingerprint density at radius 1 is 0.810 bits per heavy atom. The second kappa shape index (κ2) is 4.78. The van der Waals surface area contributed by atoms with Crippen LogP contribution in [0.25, 0.3) is 27.5 Å². The zero-order valence-corrected chi connectivity index (χ0v) is 12.1. The maximum Gasteiger partial charge on any atom is 0.0528 e. The van der Waals surface area contributed by atoms with Crippen molar-refractivity contribution in [2.24, 2.45) is 0 Å². The summed E-state index contributed by atoms with van der Waals surface area (Å²) in [6.45, 7) is 2.19. The van der Waals surface area contributed by atoms with Crippen LogP contribution in [-0.4, -0.2) is 4.40 Å². The molecule has 102 valence electrons. The quantitative estimate of drug-likeness (QED) is 0.464. The average molecular weight is 271 g/mol. The standard InChI is InChI=1S/C20H17N/c1-2-15-7-9-16(10-8-15)18-13-19-12-11-17-5-3-4-6-20(17)21(19)14-18/h3-14H,2H2,1H3. The van der Waals surface area contributed by atoms with Crippen LogP contribution in [0.2, 0.25) is 0 Å². The Morgan fingerprint density at radius 3 is 2.43 bits per heavy atom. The van der Waals surface area contributed by atoms with Gasteiger partial charge in [0.25, 0.3) is 0 Å². The lowest BCUT2D eigenvalue weighted by molar-refractivity contribution is 1.14. The molecule has 4 rings (SSSR count). The highest BCUT2D eigenvalue weighted by Crippen LogP contribution is 2.26. The number of hydrogen-bond donors (Lipinski definition) is 0. The van der Waals surface area contributed by atoms with Crippen LogP contribution in [0.1, 0.15) is 12.5 Å². The lowest BCUT2D eigenvalue weighted by atomic mass is 10.1. The number of para-hydroxylation sites is 1. The third kappa shape index (κ3) is 2.02. The van der Waals surface area contributed by atoms with E-state index in [9.17, 15) is 0 Å². The van der Waals surface area contributed by atoms with Gasteiger partial charge in [-0.3, -0.25) is 0 Å². The summed E-state index contributed by atoms with van der Waals surface area (Å²) in [6, 6.07) is 24.0. The molecular formula is C20H17N. The smallest absolute Gasteiger partial charge is 0.0528 e. The van der Waals surface area contributed by atoms with E-state index >= 15 is 0 Å². The Kier molecular flexibility index (Phi) is 2.78. The number of hydrogen-bond acceptors (Lipinski definition) is 0. The minimum Gasteiger partial charge on any atom is -0.316 e. The van der Waals surface area contributed by atoms with Gasteiger partial charge in [0.05, 0.1) is 5.52 Å². The van der Waals surface area contributed by atoms with Crippen LogP contribution in [0.15, 0.2) is 72.9 Å². The molecule has 0 spiro atoms. The SMILES string of the molecule is CCc1ccc(-c2cc3ccc4ccccc4n3c2)cc1. The van der Waals surface area contributed by atoms with Crippen molar-refractivity contribution in [3.8, 4) is 11.1 Å². The van der Waals surface area contributed by atoms with Gasteiger partial charge in [-0.2, -0.15) is 0 Å². The lowest BCUT2D eigenvalue weighted by Gasteiger charge is -2.01. The van der Waals surface area contributed by atoms with Crippen LogP contribution in [0.3, 0.4) is 0 Å². The van der Waals surface area contributed by atoms with Crippen LogP contribution in [0.5, 0.6) is 0 Å². The summed E-state index contributed by atoms with van der Waals surface area (Å²) in [4.78, 5) is 0. The highest BCUT2D eigenvalue weighted by molar-refractivity contribution is 5.85. The van der Waals surface area contributed by atoms with Gasteiger partial charge in [0.2, 0.25) is 0 Å². The van der Waals surface area contributed by atoms with Crippen LogP contribution in [0.4, 0.5) is 0 Å². The van der Waals surface area contributed by atoms with Gasteiger partial charge in [0.1, 0.15) is 0 Å². The molecule has 4 aromatic rings. The monoisotopic (exact) mass is 271 g/mol. The first-order valence-corrected chi connectivity index (χ1v) is 7.44. The van der Waals surface area contributed by atoms with E-state index in [0.717, 1.165) is 6.42 Å². The summed E-state index contributed by atoms with van der Waals surface area (Å²) in [7, 11) is 0. The number of fused-ring (bicyclic) bond motifs is 3. The molecule has 0 saturated heterocycles. The molecule has 0 atom stereocenters. The van der Waals surface area contributed by atoms with Crippen molar-refractivity contribution in [3.63, 3.8) is 0 Å². The first-order valence-electron chi connectivity index (χ1n) is 7.44. The largest absolute Gasteiger partial charge is 0.316 e. The number of benzene rings is 2. The van der Waals surface area contributed by atoms with E-state index in [1.807, 2.05) is 0 Å². The van der Waals surface area contributed by atoms with Gasteiger partial charge in [-0.1, -0.05) is 55.5 Å². The third-order valence-corrected chi connectivity index (χ3v) is 4.18. The molecule has 2 aromatic heterocycles. The molecule has 0 aliphatic heterocycles. The van der Waals surface area contributed by atoms with Crippen molar-refractivity contribution >= 4 is 16.4 Å². The fraction of sp³-hybridized carbons (Fsp3) is 0.100. The molecule has 1 nitrogen and oxygen atoms in total. The minimum absolute atomic E-state index is 1.09. The second-order valence-corrected chi connectivity index (χ2v) is 5.47. The summed E-state index contributed by atoms with van der Waals surface area (Å²) in [5.41, 5.74) is 6.43. The number of aromatic nitrogens is 1. The third-order valence-electron chi connectivity index (χ3n) is 4.18. The Hall–Kier alpha value is -2.54.